The number of aromatic nitrogens is 4. The predicted molar refractivity (Wildman–Crippen MR) is 112 cm³/mol. The van der Waals surface area contributed by atoms with E-state index in [1.54, 1.807) is 13.8 Å². The number of hydrogen-bond donors (Lipinski definition) is 2. The first-order chi connectivity index (χ1) is 14.5. The van der Waals surface area contributed by atoms with Crippen molar-refractivity contribution in [2.24, 2.45) is 0 Å². The van der Waals surface area contributed by atoms with Gasteiger partial charge in [0.2, 0.25) is 5.95 Å². The Hall–Kier alpha value is -2.72. The second-order valence-electron chi connectivity index (χ2n) is 8.19. The summed E-state index contributed by atoms with van der Waals surface area (Å²) in [6.45, 7) is 2.69. The van der Waals surface area contributed by atoms with Gasteiger partial charge in [0.1, 0.15) is 0 Å². The van der Waals surface area contributed by atoms with Crippen molar-refractivity contribution in [2.45, 2.75) is 44.9 Å². The Labute approximate surface area is 178 Å². The second-order valence-corrected chi connectivity index (χ2v) is 8.19. The van der Waals surface area contributed by atoms with Gasteiger partial charge in [0.25, 0.3) is 0 Å². The highest BCUT2D eigenvalue weighted by Gasteiger charge is 2.30. The summed E-state index contributed by atoms with van der Waals surface area (Å²) < 4.78 is 38.7. The molecule has 2 heterocycles. The Bertz CT molecular complexity index is 1030. The molecule has 31 heavy (non-hydrogen) atoms. The molecular formula is C21H27F3N6O. The number of nitrogen functional groups attached to an aromatic ring is 1. The normalized spacial score (nSPS) is 12.8. The average molecular weight is 436 g/mol. The van der Waals surface area contributed by atoms with E-state index in [0.717, 1.165) is 5.56 Å². The summed E-state index contributed by atoms with van der Waals surface area (Å²) in [6, 6.07) is 9.38. The SMILES string of the molecule is CN(CCCCc1nc2c(C(C)(C)O)c(-c3ccccc3)nc(N)n2n1)CC(F)(F)F. The zero-order valence-electron chi connectivity index (χ0n) is 17.8. The highest BCUT2D eigenvalue weighted by molar-refractivity contribution is 5.73. The van der Waals surface area contributed by atoms with Crippen molar-refractivity contribution < 1.29 is 18.3 Å². The molecule has 0 spiro atoms. The van der Waals surface area contributed by atoms with Crippen LogP contribution < -0.4 is 5.73 Å². The van der Waals surface area contributed by atoms with Gasteiger partial charge < -0.3 is 10.8 Å². The molecule has 0 unspecified atom stereocenters. The molecule has 0 saturated heterocycles. The number of nitrogens with two attached hydrogens (primary N) is 1. The Morgan fingerprint density at radius 2 is 1.77 bits per heavy atom. The molecule has 10 heteroatoms. The van der Waals surface area contributed by atoms with Crippen molar-refractivity contribution in [3.05, 3.63) is 41.7 Å². The number of hydrogen-bond acceptors (Lipinski definition) is 6. The summed E-state index contributed by atoms with van der Waals surface area (Å²) in [5.74, 6) is 0.646. The smallest absolute Gasteiger partial charge is 0.386 e. The first-order valence-electron chi connectivity index (χ1n) is 10.0. The van der Waals surface area contributed by atoms with Crippen LogP contribution in [0.3, 0.4) is 0 Å². The molecule has 0 saturated carbocycles. The molecule has 0 radical (unpaired) electrons. The largest absolute Gasteiger partial charge is 0.401 e. The number of aryl methyl sites for hydroxylation is 1. The second kappa shape index (κ2) is 8.80. The van der Waals surface area contributed by atoms with E-state index in [4.69, 9.17) is 5.73 Å². The molecule has 2 aromatic heterocycles. The first-order valence-corrected chi connectivity index (χ1v) is 10.0. The number of unbranched alkanes of at least 4 members (excludes halogenated alkanes) is 1. The quantitative estimate of drug-likeness (QED) is 0.526. The molecule has 7 nitrogen and oxygen atoms in total. The number of rotatable bonds is 8. The monoisotopic (exact) mass is 436 g/mol. The van der Waals surface area contributed by atoms with E-state index in [2.05, 4.69) is 15.1 Å². The van der Waals surface area contributed by atoms with Crippen LogP contribution in [0.15, 0.2) is 30.3 Å². The highest BCUT2D eigenvalue weighted by atomic mass is 19.4. The van der Waals surface area contributed by atoms with Crippen LogP contribution in [0.5, 0.6) is 0 Å². The van der Waals surface area contributed by atoms with Crippen LogP contribution in [-0.4, -0.2) is 55.9 Å². The number of alkyl halides is 3. The lowest BCUT2D eigenvalue weighted by molar-refractivity contribution is -0.143. The van der Waals surface area contributed by atoms with E-state index in [1.165, 1.54) is 16.5 Å². The molecular weight excluding hydrogens is 409 g/mol. The lowest BCUT2D eigenvalue weighted by Crippen LogP contribution is -2.31. The molecule has 3 rings (SSSR count). The molecule has 1 aromatic carbocycles. The summed E-state index contributed by atoms with van der Waals surface area (Å²) in [7, 11) is 1.45. The molecule has 0 bridgehead atoms. The minimum atomic E-state index is -4.20. The van der Waals surface area contributed by atoms with Gasteiger partial charge in [-0.15, -0.1) is 5.10 Å². The molecule has 0 fully saturated rings. The van der Waals surface area contributed by atoms with Crippen LogP contribution in [-0.2, 0) is 12.0 Å². The maximum Gasteiger partial charge on any atom is 0.401 e. The number of benzene rings is 1. The fourth-order valence-electron chi connectivity index (χ4n) is 3.52. The molecule has 0 aliphatic heterocycles. The summed E-state index contributed by atoms with van der Waals surface area (Å²) in [4.78, 5) is 10.3. The number of fused-ring (bicyclic) bond motifs is 1. The van der Waals surface area contributed by atoms with Gasteiger partial charge in [-0.1, -0.05) is 30.3 Å². The number of halogens is 3. The molecule has 0 aliphatic rings. The van der Waals surface area contributed by atoms with E-state index >= 15 is 0 Å². The Kier molecular flexibility index (Phi) is 6.51. The summed E-state index contributed by atoms with van der Waals surface area (Å²) in [5.41, 5.74) is 7.14. The third kappa shape index (κ3) is 5.71. The number of aliphatic hydroxyl groups is 1. The maximum atomic E-state index is 12.4. The van der Waals surface area contributed by atoms with Gasteiger partial charge in [0, 0.05) is 12.0 Å². The zero-order valence-corrected chi connectivity index (χ0v) is 17.8. The van der Waals surface area contributed by atoms with Gasteiger partial charge in [-0.3, -0.25) is 4.90 Å². The van der Waals surface area contributed by atoms with Crippen LogP contribution in [0, 0.1) is 0 Å². The van der Waals surface area contributed by atoms with Crippen molar-refractivity contribution in [1.82, 2.24) is 24.5 Å². The average Bonchev–Trinajstić information content (AvgIpc) is 3.07. The van der Waals surface area contributed by atoms with E-state index in [-0.39, 0.29) is 5.95 Å². The molecule has 0 amide bonds. The molecule has 3 aromatic rings. The Morgan fingerprint density at radius 1 is 1.10 bits per heavy atom. The minimum Gasteiger partial charge on any atom is -0.386 e. The van der Waals surface area contributed by atoms with E-state index in [0.29, 0.717) is 48.5 Å². The molecule has 168 valence electrons. The summed E-state index contributed by atoms with van der Waals surface area (Å²) in [6.07, 6.45) is -2.53. The number of anilines is 1. The Balaban J connectivity index is 1.84. The third-order valence-corrected chi connectivity index (χ3v) is 4.85. The van der Waals surface area contributed by atoms with Crippen LogP contribution in [0.2, 0.25) is 0 Å². The van der Waals surface area contributed by atoms with Crippen molar-refractivity contribution in [2.75, 3.05) is 25.9 Å². The minimum absolute atomic E-state index is 0.144. The van der Waals surface area contributed by atoms with E-state index in [9.17, 15) is 18.3 Å². The first kappa shape index (κ1) is 23.0. The summed E-state index contributed by atoms with van der Waals surface area (Å²) in [5, 5.41) is 15.2. The predicted octanol–water partition coefficient (Wildman–Crippen LogP) is 3.42. The van der Waals surface area contributed by atoms with Gasteiger partial charge in [-0.25, -0.2) is 9.97 Å². The van der Waals surface area contributed by atoms with Crippen molar-refractivity contribution >= 4 is 11.6 Å². The fraction of sp³-hybridized carbons (Fsp3) is 0.476. The molecule has 0 aliphatic carbocycles. The topological polar surface area (TPSA) is 92.6 Å². The molecule has 0 atom stereocenters. The van der Waals surface area contributed by atoms with Gasteiger partial charge in [0.15, 0.2) is 11.5 Å². The van der Waals surface area contributed by atoms with Crippen molar-refractivity contribution in [3.63, 3.8) is 0 Å². The van der Waals surface area contributed by atoms with Crippen molar-refractivity contribution in [1.29, 1.82) is 0 Å². The lowest BCUT2D eigenvalue weighted by atomic mass is 9.94. The Morgan fingerprint density at radius 3 is 2.39 bits per heavy atom. The van der Waals surface area contributed by atoms with Crippen LogP contribution in [0.1, 0.15) is 38.1 Å². The summed E-state index contributed by atoms with van der Waals surface area (Å²) >= 11 is 0. The molecule has 3 N–H and O–H groups in total. The van der Waals surface area contributed by atoms with Gasteiger partial charge in [-0.2, -0.15) is 17.7 Å². The fourth-order valence-corrected chi connectivity index (χ4v) is 3.52. The van der Waals surface area contributed by atoms with Gasteiger partial charge >= 0.3 is 6.18 Å². The number of nitrogens with zero attached hydrogens (tertiary/aromatic N) is 5. The highest BCUT2D eigenvalue weighted by Crippen LogP contribution is 2.34. The van der Waals surface area contributed by atoms with E-state index < -0.39 is 18.3 Å². The zero-order chi connectivity index (χ0) is 22.8. The van der Waals surface area contributed by atoms with Crippen LogP contribution in [0.25, 0.3) is 16.9 Å². The van der Waals surface area contributed by atoms with Gasteiger partial charge in [-0.05, 0) is 40.3 Å². The lowest BCUT2D eigenvalue weighted by Gasteiger charge is -2.22. The van der Waals surface area contributed by atoms with Crippen molar-refractivity contribution in [3.8, 4) is 11.3 Å². The maximum absolute atomic E-state index is 12.4. The standard InChI is InChI=1S/C21H27F3N6O/c1-20(2,31)16-17(14-9-5-4-6-10-14)27-19(25)30-18(16)26-15(28-30)11-7-8-12-29(3)13-21(22,23)24/h4-6,9-10,31H,7-8,11-13H2,1-3H3,(H2,25,27). The van der Waals surface area contributed by atoms with E-state index in [1.807, 2.05) is 30.3 Å². The van der Waals surface area contributed by atoms with Gasteiger partial charge in [0.05, 0.1) is 23.4 Å². The van der Waals surface area contributed by atoms with Crippen LogP contribution >= 0.6 is 0 Å². The third-order valence-electron chi connectivity index (χ3n) is 4.85. The van der Waals surface area contributed by atoms with Crippen LogP contribution in [0.4, 0.5) is 19.1 Å².